The first-order valence-corrected chi connectivity index (χ1v) is 9.31. The van der Waals surface area contributed by atoms with Crippen molar-refractivity contribution in [1.29, 1.82) is 0 Å². The molecule has 3 aliphatic carbocycles. The molecule has 1 nitrogen and oxygen atoms in total. The van der Waals surface area contributed by atoms with Gasteiger partial charge in [0.1, 0.15) is 5.78 Å². The molecule has 0 aromatic heterocycles. The second kappa shape index (κ2) is 5.89. The van der Waals surface area contributed by atoms with Gasteiger partial charge >= 0.3 is 0 Å². The molecule has 1 fully saturated rings. The van der Waals surface area contributed by atoms with E-state index >= 15 is 0 Å². The molecule has 3 rings (SSSR count). The number of rotatable bonds is 3. The monoisotopic (exact) mass is 288 g/mol. The average Bonchev–Trinajstić information content (AvgIpc) is 2.46. The third kappa shape index (κ3) is 2.62. The molecule has 0 N–H and O–H groups in total. The standard InChI is InChI=1S/C20H32O/c1-4-11-20(3)12-10-17-16-9-7-15(21)13-14(16)6-8-18(17)19(20)5-2/h17-19H,4-13H2,1-3H3/t17-,18-,19?,20?/m1/s1. The first-order chi connectivity index (χ1) is 10.1. The minimum Gasteiger partial charge on any atom is -0.299 e. The summed E-state index contributed by atoms with van der Waals surface area (Å²) >= 11 is 0. The number of fused-ring (bicyclic) bond motifs is 2. The van der Waals surface area contributed by atoms with Crippen molar-refractivity contribution in [3.8, 4) is 0 Å². The van der Waals surface area contributed by atoms with Crippen molar-refractivity contribution < 1.29 is 4.79 Å². The number of hydrogen-bond acceptors (Lipinski definition) is 1. The van der Waals surface area contributed by atoms with Crippen LogP contribution in [0.15, 0.2) is 11.1 Å². The molecule has 0 amide bonds. The number of carbonyl (C=O) groups excluding carboxylic acids is 1. The van der Waals surface area contributed by atoms with E-state index in [-0.39, 0.29) is 0 Å². The zero-order valence-corrected chi connectivity index (χ0v) is 14.2. The molecule has 2 unspecified atom stereocenters. The summed E-state index contributed by atoms with van der Waals surface area (Å²) in [6.45, 7) is 7.32. The Kier molecular flexibility index (Phi) is 4.30. The van der Waals surface area contributed by atoms with Crippen LogP contribution in [-0.4, -0.2) is 5.78 Å². The van der Waals surface area contributed by atoms with Gasteiger partial charge in [-0.05, 0) is 61.7 Å². The van der Waals surface area contributed by atoms with E-state index in [4.69, 9.17) is 0 Å². The fraction of sp³-hybridized carbons (Fsp3) is 0.850. The molecular weight excluding hydrogens is 256 g/mol. The molecule has 3 aliphatic rings. The molecule has 0 bridgehead atoms. The van der Waals surface area contributed by atoms with Crippen molar-refractivity contribution in [2.75, 3.05) is 0 Å². The molecule has 0 aliphatic heterocycles. The highest BCUT2D eigenvalue weighted by Crippen LogP contribution is 2.57. The van der Waals surface area contributed by atoms with Crippen LogP contribution in [0.2, 0.25) is 0 Å². The highest BCUT2D eigenvalue weighted by atomic mass is 16.1. The Hall–Kier alpha value is -0.590. The van der Waals surface area contributed by atoms with Gasteiger partial charge in [0, 0.05) is 12.8 Å². The van der Waals surface area contributed by atoms with Crippen LogP contribution in [0, 0.1) is 23.2 Å². The molecule has 0 saturated heterocycles. The Balaban J connectivity index is 1.86. The molecule has 21 heavy (non-hydrogen) atoms. The molecule has 0 aromatic carbocycles. The van der Waals surface area contributed by atoms with Crippen molar-refractivity contribution in [1.82, 2.24) is 0 Å². The van der Waals surface area contributed by atoms with E-state index in [1.54, 1.807) is 11.1 Å². The van der Waals surface area contributed by atoms with Crippen molar-refractivity contribution >= 4 is 5.78 Å². The SMILES string of the molecule is CCCC1(C)CC[C@@H]2C3=C(CC[C@H]2C1CC)CC(=O)CC3. The van der Waals surface area contributed by atoms with Crippen LogP contribution < -0.4 is 0 Å². The molecule has 4 atom stereocenters. The molecule has 118 valence electrons. The lowest BCUT2D eigenvalue weighted by molar-refractivity contribution is -0.119. The Bertz CT molecular complexity index is 447. The lowest BCUT2D eigenvalue weighted by Crippen LogP contribution is -2.44. The van der Waals surface area contributed by atoms with Gasteiger partial charge in [-0.15, -0.1) is 0 Å². The topological polar surface area (TPSA) is 17.1 Å². The molecule has 1 heteroatoms. The lowest BCUT2D eigenvalue weighted by atomic mass is 9.52. The Morgan fingerprint density at radius 1 is 1.14 bits per heavy atom. The molecular formula is C20H32O. The fourth-order valence-electron chi connectivity index (χ4n) is 6.12. The third-order valence-corrected chi connectivity index (χ3v) is 6.98. The first-order valence-electron chi connectivity index (χ1n) is 9.31. The second-order valence-electron chi connectivity index (χ2n) is 8.11. The van der Waals surface area contributed by atoms with Gasteiger partial charge in [0.25, 0.3) is 0 Å². The highest BCUT2D eigenvalue weighted by Gasteiger charge is 2.47. The van der Waals surface area contributed by atoms with E-state index in [1.165, 1.54) is 44.9 Å². The number of hydrogen-bond donors (Lipinski definition) is 0. The highest BCUT2D eigenvalue weighted by molar-refractivity contribution is 5.82. The number of allylic oxidation sites excluding steroid dienone is 2. The summed E-state index contributed by atoms with van der Waals surface area (Å²) in [5.74, 6) is 3.14. The summed E-state index contributed by atoms with van der Waals surface area (Å²) in [6.07, 6.45) is 12.2. The van der Waals surface area contributed by atoms with E-state index < -0.39 is 0 Å². The number of carbonyl (C=O) groups is 1. The molecule has 0 heterocycles. The maximum Gasteiger partial charge on any atom is 0.137 e. The predicted octanol–water partition coefficient (Wildman–Crippen LogP) is 5.69. The molecule has 1 saturated carbocycles. The van der Waals surface area contributed by atoms with Crippen molar-refractivity contribution in [2.45, 2.75) is 85.0 Å². The summed E-state index contributed by atoms with van der Waals surface area (Å²) in [5.41, 5.74) is 3.87. The van der Waals surface area contributed by atoms with Gasteiger partial charge in [-0.1, -0.05) is 44.8 Å². The molecule has 0 aromatic rings. The van der Waals surface area contributed by atoms with Crippen molar-refractivity contribution in [3.63, 3.8) is 0 Å². The average molecular weight is 288 g/mol. The van der Waals surface area contributed by atoms with Crippen LogP contribution in [0.1, 0.15) is 85.0 Å². The van der Waals surface area contributed by atoms with Crippen LogP contribution in [-0.2, 0) is 4.79 Å². The summed E-state index contributed by atoms with van der Waals surface area (Å²) in [6, 6.07) is 0. The van der Waals surface area contributed by atoms with Gasteiger partial charge in [-0.3, -0.25) is 4.79 Å². The summed E-state index contributed by atoms with van der Waals surface area (Å²) in [4.78, 5) is 11.8. The normalized spacial score (nSPS) is 40.0. The second-order valence-corrected chi connectivity index (χ2v) is 8.11. The maximum atomic E-state index is 11.8. The minimum absolute atomic E-state index is 0.492. The molecule has 0 spiro atoms. The van der Waals surface area contributed by atoms with Gasteiger partial charge in [0.05, 0.1) is 0 Å². The van der Waals surface area contributed by atoms with Crippen LogP contribution in [0.5, 0.6) is 0 Å². The Labute approximate surface area is 130 Å². The van der Waals surface area contributed by atoms with E-state index in [0.29, 0.717) is 11.2 Å². The Morgan fingerprint density at radius 3 is 2.67 bits per heavy atom. The van der Waals surface area contributed by atoms with Gasteiger partial charge in [-0.25, -0.2) is 0 Å². The van der Waals surface area contributed by atoms with Crippen molar-refractivity contribution in [3.05, 3.63) is 11.1 Å². The van der Waals surface area contributed by atoms with Crippen LogP contribution in [0.4, 0.5) is 0 Å². The smallest absolute Gasteiger partial charge is 0.137 e. The number of Topliss-reactive ketones (excluding diaryl/α,β-unsaturated/α-hetero) is 1. The molecule has 0 radical (unpaired) electrons. The van der Waals surface area contributed by atoms with Gasteiger partial charge < -0.3 is 0 Å². The predicted molar refractivity (Wildman–Crippen MR) is 88.1 cm³/mol. The van der Waals surface area contributed by atoms with Gasteiger partial charge in [-0.2, -0.15) is 0 Å². The van der Waals surface area contributed by atoms with Crippen molar-refractivity contribution in [2.24, 2.45) is 23.2 Å². The summed E-state index contributed by atoms with van der Waals surface area (Å²) in [7, 11) is 0. The number of ketones is 1. The maximum absolute atomic E-state index is 11.8. The third-order valence-electron chi connectivity index (χ3n) is 6.98. The zero-order valence-electron chi connectivity index (χ0n) is 14.2. The fourth-order valence-corrected chi connectivity index (χ4v) is 6.12. The summed E-state index contributed by atoms with van der Waals surface area (Å²) in [5, 5.41) is 0. The first kappa shape index (κ1) is 15.3. The van der Waals surface area contributed by atoms with Crippen LogP contribution in [0.3, 0.4) is 0 Å². The van der Waals surface area contributed by atoms with Crippen LogP contribution >= 0.6 is 0 Å². The van der Waals surface area contributed by atoms with E-state index in [2.05, 4.69) is 20.8 Å². The van der Waals surface area contributed by atoms with E-state index in [1.807, 2.05) is 0 Å². The van der Waals surface area contributed by atoms with Gasteiger partial charge in [0.2, 0.25) is 0 Å². The zero-order chi connectivity index (χ0) is 15.0. The Morgan fingerprint density at radius 2 is 1.95 bits per heavy atom. The van der Waals surface area contributed by atoms with Crippen LogP contribution in [0.25, 0.3) is 0 Å². The largest absolute Gasteiger partial charge is 0.299 e. The quantitative estimate of drug-likeness (QED) is 0.610. The van der Waals surface area contributed by atoms with E-state index in [9.17, 15) is 4.79 Å². The summed E-state index contributed by atoms with van der Waals surface area (Å²) < 4.78 is 0. The van der Waals surface area contributed by atoms with E-state index in [0.717, 1.165) is 37.0 Å². The lowest BCUT2D eigenvalue weighted by Gasteiger charge is -2.53. The van der Waals surface area contributed by atoms with Gasteiger partial charge in [0.15, 0.2) is 0 Å². The minimum atomic E-state index is 0.492.